The van der Waals surface area contributed by atoms with Gasteiger partial charge in [-0.1, -0.05) is 13.0 Å². The lowest BCUT2D eigenvalue weighted by Gasteiger charge is -2.25. The highest BCUT2D eigenvalue weighted by Gasteiger charge is 2.34. The number of hydrogen-bond donors (Lipinski definition) is 0. The summed E-state index contributed by atoms with van der Waals surface area (Å²) in [6.45, 7) is 4.24. The average molecular weight is 293 g/mol. The predicted octanol–water partition coefficient (Wildman–Crippen LogP) is 2.79. The molecule has 1 fully saturated rings. The maximum absolute atomic E-state index is 4.31. The van der Waals surface area contributed by atoms with Crippen LogP contribution in [0.4, 0.5) is 5.82 Å². The van der Waals surface area contributed by atoms with Crippen LogP contribution in [0.15, 0.2) is 49.2 Å². The van der Waals surface area contributed by atoms with Gasteiger partial charge in [0, 0.05) is 44.1 Å². The van der Waals surface area contributed by atoms with Crippen molar-refractivity contribution in [1.82, 2.24) is 19.4 Å². The Bertz CT molecular complexity index is 767. The van der Waals surface area contributed by atoms with E-state index >= 15 is 0 Å². The quantitative estimate of drug-likeness (QED) is 0.725. The van der Waals surface area contributed by atoms with Crippen LogP contribution in [0.2, 0.25) is 0 Å². The zero-order chi connectivity index (χ0) is 14.9. The molecule has 112 valence electrons. The number of hydrogen-bond acceptors (Lipinski definition) is 4. The van der Waals surface area contributed by atoms with E-state index in [9.17, 15) is 0 Å². The molecule has 1 aliphatic rings. The Labute approximate surface area is 129 Å². The van der Waals surface area contributed by atoms with Crippen molar-refractivity contribution in [2.24, 2.45) is 11.8 Å². The van der Waals surface area contributed by atoms with Crippen LogP contribution in [0.3, 0.4) is 0 Å². The number of imidazole rings is 1. The molecule has 0 N–H and O–H groups in total. The van der Waals surface area contributed by atoms with Gasteiger partial charge in [0.25, 0.3) is 0 Å². The number of pyridine rings is 1. The number of aromatic nitrogens is 4. The molecule has 0 bridgehead atoms. The van der Waals surface area contributed by atoms with Crippen LogP contribution in [-0.2, 0) is 6.54 Å². The molecule has 5 heteroatoms. The van der Waals surface area contributed by atoms with Gasteiger partial charge in [-0.3, -0.25) is 9.38 Å². The van der Waals surface area contributed by atoms with Crippen LogP contribution >= 0.6 is 0 Å². The maximum atomic E-state index is 4.31. The van der Waals surface area contributed by atoms with Gasteiger partial charge >= 0.3 is 0 Å². The van der Waals surface area contributed by atoms with E-state index in [0.717, 1.165) is 36.5 Å². The molecular formula is C17H19N5. The standard InChI is InChI=1S/C17H19N5/c1-13-9-15(13)12-21(11-14-3-2-5-18-10-14)16-4-6-19-17-20-7-8-22(16)17/h2-8,10,13,15H,9,11-12H2,1H3. The SMILES string of the molecule is CC1CC1CN(Cc1cccnc1)c1ccnc2nccn12. The Morgan fingerprint density at radius 1 is 1.23 bits per heavy atom. The van der Waals surface area contributed by atoms with E-state index in [-0.39, 0.29) is 0 Å². The van der Waals surface area contributed by atoms with Crippen LogP contribution in [0.5, 0.6) is 0 Å². The van der Waals surface area contributed by atoms with Crippen LogP contribution in [0.25, 0.3) is 5.78 Å². The van der Waals surface area contributed by atoms with Crippen molar-refractivity contribution in [1.29, 1.82) is 0 Å². The fourth-order valence-electron chi connectivity index (χ4n) is 2.97. The molecular weight excluding hydrogens is 274 g/mol. The Morgan fingerprint density at radius 3 is 2.86 bits per heavy atom. The van der Waals surface area contributed by atoms with Crippen molar-refractivity contribution in [3.05, 3.63) is 54.7 Å². The zero-order valence-corrected chi connectivity index (χ0v) is 12.6. The molecule has 4 rings (SSSR count). The van der Waals surface area contributed by atoms with E-state index in [2.05, 4.69) is 43.3 Å². The molecule has 3 aromatic heterocycles. The van der Waals surface area contributed by atoms with E-state index in [1.54, 1.807) is 6.20 Å². The monoisotopic (exact) mass is 293 g/mol. The average Bonchev–Trinajstić information content (AvgIpc) is 3.03. The minimum Gasteiger partial charge on any atom is -0.353 e. The number of nitrogens with zero attached hydrogens (tertiary/aromatic N) is 5. The van der Waals surface area contributed by atoms with Gasteiger partial charge in [-0.05, 0) is 36.0 Å². The number of anilines is 1. The molecule has 22 heavy (non-hydrogen) atoms. The largest absolute Gasteiger partial charge is 0.353 e. The molecule has 2 atom stereocenters. The van der Waals surface area contributed by atoms with Crippen LogP contribution in [0, 0.1) is 11.8 Å². The molecule has 3 heterocycles. The summed E-state index contributed by atoms with van der Waals surface area (Å²) >= 11 is 0. The summed E-state index contributed by atoms with van der Waals surface area (Å²) in [6, 6.07) is 6.19. The molecule has 0 spiro atoms. The lowest BCUT2D eigenvalue weighted by atomic mass is 10.2. The summed E-state index contributed by atoms with van der Waals surface area (Å²) in [7, 11) is 0. The first-order valence-corrected chi connectivity index (χ1v) is 7.73. The number of fused-ring (bicyclic) bond motifs is 1. The number of rotatable bonds is 5. The van der Waals surface area contributed by atoms with E-state index in [1.165, 1.54) is 12.0 Å². The lowest BCUT2D eigenvalue weighted by molar-refractivity contribution is 0.670. The van der Waals surface area contributed by atoms with Gasteiger partial charge < -0.3 is 4.90 Å². The smallest absolute Gasteiger partial charge is 0.235 e. The summed E-state index contributed by atoms with van der Waals surface area (Å²) in [6.07, 6.45) is 10.7. The second-order valence-electron chi connectivity index (χ2n) is 6.12. The molecule has 0 saturated heterocycles. The molecule has 1 aliphatic carbocycles. The summed E-state index contributed by atoms with van der Waals surface area (Å²) in [5.74, 6) is 3.50. The Balaban J connectivity index is 1.68. The predicted molar refractivity (Wildman–Crippen MR) is 85.5 cm³/mol. The molecule has 2 unspecified atom stereocenters. The van der Waals surface area contributed by atoms with Gasteiger partial charge in [0.05, 0.1) is 0 Å². The Morgan fingerprint density at radius 2 is 2.09 bits per heavy atom. The first-order chi connectivity index (χ1) is 10.8. The van der Waals surface area contributed by atoms with Crippen molar-refractivity contribution < 1.29 is 0 Å². The van der Waals surface area contributed by atoms with E-state index in [4.69, 9.17) is 0 Å². The van der Waals surface area contributed by atoms with E-state index < -0.39 is 0 Å². The van der Waals surface area contributed by atoms with Crippen LogP contribution in [-0.4, -0.2) is 25.9 Å². The summed E-state index contributed by atoms with van der Waals surface area (Å²) in [4.78, 5) is 15.3. The zero-order valence-electron chi connectivity index (χ0n) is 12.6. The van der Waals surface area contributed by atoms with Crippen molar-refractivity contribution >= 4 is 11.6 Å². The van der Waals surface area contributed by atoms with Crippen LogP contribution in [0.1, 0.15) is 18.9 Å². The second-order valence-corrected chi connectivity index (χ2v) is 6.12. The lowest BCUT2D eigenvalue weighted by Crippen LogP contribution is -2.27. The second kappa shape index (κ2) is 5.40. The first-order valence-electron chi connectivity index (χ1n) is 7.73. The molecule has 0 aromatic carbocycles. The molecule has 5 nitrogen and oxygen atoms in total. The summed E-state index contributed by atoms with van der Waals surface area (Å²) in [5, 5.41) is 0. The highest BCUT2D eigenvalue weighted by molar-refractivity contribution is 5.47. The van der Waals surface area contributed by atoms with E-state index in [0.29, 0.717) is 0 Å². The van der Waals surface area contributed by atoms with Gasteiger partial charge in [0.1, 0.15) is 5.82 Å². The van der Waals surface area contributed by atoms with Crippen LogP contribution < -0.4 is 4.90 Å². The van der Waals surface area contributed by atoms with Gasteiger partial charge in [0.15, 0.2) is 0 Å². The Kier molecular flexibility index (Phi) is 3.25. The van der Waals surface area contributed by atoms with Crippen molar-refractivity contribution in [3.63, 3.8) is 0 Å². The van der Waals surface area contributed by atoms with Crippen molar-refractivity contribution in [2.45, 2.75) is 19.9 Å². The fourth-order valence-corrected chi connectivity index (χ4v) is 2.97. The van der Waals surface area contributed by atoms with Gasteiger partial charge in [-0.15, -0.1) is 0 Å². The van der Waals surface area contributed by atoms with E-state index in [1.807, 2.05) is 30.9 Å². The highest BCUT2D eigenvalue weighted by Crippen LogP contribution is 2.39. The molecule has 1 saturated carbocycles. The van der Waals surface area contributed by atoms with Crippen molar-refractivity contribution in [3.8, 4) is 0 Å². The summed E-state index contributed by atoms with van der Waals surface area (Å²) in [5.41, 5.74) is 1.22. The third kappa shape index (κ3) is 2.54. The fraction of sp³-hybridized carbons (Fsp3) is 0.353. The van der Waals surface area contributed by atoms with Crippen molar-refractivity contribution in [2.75, 3.05) is 11.4 Å². The molecule has 0 amide bonds. The maximum Gasteiger partial charge on any atom is 0.235 e. The molecule has 0 radical (unpaired) electrons. The summed E-state index contributed by atoms with van der Waals surface area (Å²) < 4.78 is 2.06. The minimum atomic E-state index is 0.748. The van der Waals surface area contributed by atoms with Gasteiger partial charge in [-0.2, -0.15) is 0 Å². The molecule has 3 aromatic rings. The third-order valence-electron chi connectivity index (χ3n) is 4.43. The minimum absolute atomic E-state index is 0.748. The first kappa shape index (κ1) is 13.2. The molecule has 0 aliphatic heterocycles. The third-order valence-corrected chi connectivity index (χ3v) is 4.43. The highest BCUT2D eigenvalue weighted by atomic mass is 15.3. The topological polar surface area (TPSA) is 46.3 Å². The van der Waals surface area contributed by atoms with Gasteiger partial charge in [-0.25, -0.2) is 9.97 Å². The normalized spacial score (nSPS) is 20.2. The Hall–Kier alpha value is -2.43. The van der Waals surface area contributed by atoms with Gasteiger partial charge in [0.2, 0.25) is 5.78 Å².